The van der Waals surface area contributed by atoms with Crippen LogP contribution in [-0.4, -0.2) is 0 Å². The first-order chi connectivity index (χ1) is 21.0. The molecular weight excluding hydrogens is 522 g/mol. The third-order valence-corrected chi connectivity index (χ3v) is 9.98. The van der Waals surface area contributed by atoms with Gasteiger partial charge in [-0.1, -0.05) is 92.8 Å². The number of para-hydroxylation sites is 1. The van der Waals surface area contributed by atoms with Crippen LogP contribution in [0.5, 0.6) is 5.75 Å². The first-order valence-corrected chi connectivity index (χ1v) is 15.6. The summed E-state index contributed by atoms with van der Waals surface area (Å²) in [5.41, 5.74) is 15.5. The fourth-order valence-electron chi connectivity index (χ4n) is 7.81. The molecule has 3 aliphatic carbocycles. The van der Waals surface area contributed by atoms with E-state index in [1.54, 1.807) is 0 Å². The van der Waals surface area contributed by atoms with Gasteiger partial charge in [0.25, 0.3) is 0 Å². The Bertz CT molecular complexity index is 1930. The molecule has 0 N–H and O–H groups in total. The van der Waals surface area contributed by atoms with Crippen LogP contribution in [0, 0.1) is 6.92 Å². The second-order valence-corrected chi connectivity index (χ2v) is 12.8. The highest BCUT2D eigenvalue weighted by Gasteiger charge is 2.37. The van der Waals surface area contributed by atoms with Gasteiger partial charge in [-0.3, -0.25) is 0 Å². The van der Waals surface area contributed by atoms with Crippen molar-refractivity contribution in [3.63, 3.8) is 0 Å². The Hall–Kier alpha value is -4.56. The lowest BCUT2D eigenvalue weighted by atomic mass is 9.82. The summed E-state index contributed by atoms with van der Waals surface area (Å²) in [5, 5.41) is 0. The molecule has 0 saturated carbocycles. The van der Waals surface area contributed by atoms with E-state index in [2.05, 4.69) is 142 Å². The number of anilines is 3. The molecule has 1 heterocycles. The predicted molar refractivity (Wildman–Crippen MR) is 181 cm³/mol. The van der Waals surface area contributed by atoms with E-state index in [0.29, 0.717) is 0 Å². The summed E-state index contributed by atoms with van der Waals surface area (Å²) in [6, 6.07) is 25.1. The van der Waals surface area contributed by atoms with E-state index in [1.807, 2.05) is 0 Å². The monoisotopic (exact) mass is 559 g/mol. The molecular formula is C41H37NO. The van der Waals surface area contributed by atoms with Crippen molar-refractivity contribution in [3.05, 3.63) is 142 Å². The normalized spacial score (nSPS) is 18.4. The Labute approximate surface area is 255 Å². The van der Waals surface area contributed by atoms with Crippen molar-refractivity contribution in [2.75, 3.05) is 4.90 Å². The third kappa shape index (κ3) is 3.86. The molecule has 2 nitrogen and oxygen atoms in total. The van der Waals surface area contributed by atoms with E-state index >= 15 is 0 Å². The summed E-state index contributed by atoms with van der Waals surface area (Å²) in [5.74, 6) is 2.31. The molecule has 0 aromatic heterocycles. The van der Waals surface area contributed by atoms with Crippen LogP contribution in [-0.2, 0) is 11.8 Å². The fourth-order valence-corrected chi connectivity index (χ4v) is 7.81. The average molecular weight is 560 g/mol. The summed E-state index contributed by atoms with van der Waals surface area (Å²) in [6.45, 7) is 9.13. The molecule has 8 rings (SSSR count). The second kappa shape index (κ2) is 9.74. The van der Waals surface area contributed by atoms with Crippen molar-refractivity contribution < 1.29 is 4.74 Å². The van der Waals surface area contributed by atoms with Crippen LogP contribution in [0.1, 0.15) is 78.5 Å². The first-order valence-electron chi connectivity index (χ1n) is 15.6. The van der Waals surface area contributed by atoms with E-state index in [-0.39, 0.29) is 11.3 Å². The molecule has 0 spiro atoms. The molecule has 0 amide bonds. The fraction of sp³-hybridized carbons (Fsp3) is 0.220. The molecule has 0 bridgehead atoms. The molecule has 4 aliphatic rings. The van der Waals surface area contributed by atoms with E-state index in [9.17, 15) is 0 Å². The minimum absolute atomic E-state index is 0.0854. The summed E-state index contributed by atoms with van der Waals surface area (Å²) < 4.78 is 6.72. The minimum atomic E-state index is -0.0854. The van der Waals surface area contributed by atoms with Gasteiger partial charge in [-0.25, -0.2) is 0 Å². The van der Waals surface area contributed by atoms with Crippen molar-refractivity contribution in [3.8, 4) is 16.9 Å². The van der Waals surface area contributed by atoms with Gasteiger partial charge < -0.3 is 9.64 Å². The summed E-state index contributed by atoms with van der Waals surface area (Å²) in [6.07, 6.45) is 18.7. The molecule has 43 heavy (non-hydrogen) atoms. The number of hydrogen-bond acceptors (Lipinski definition) is 2. The number of ether oxygens (including phenoxy) is 1. The zero-order valence-electron chi connectivity index (χ0n) is 25.4. The van der Waals surface area contributed by atoms with Gasteiger partial charge in [0.05, 0.1) is 11.4 Å². The van der Waals surface area contributed by atoms with Crippen molar-refractivity contribution >= 4 is 29.2 Å². The molecule has 212 valence electrons. The maximum absolute atomic E-state index is 6.72. The Morgan fingerprint density at radius 2 is 1.77 bits per heavy atom. The van der Waals surface area contributed by atoms with Crippen LogP contribution in [0.15, 0.2) is 103 Å². The van der Waals surface area contributed by atoms with E-state index < -0.39 is 0 Å². The highest BCUT2D eigenvalue weighted by Crippen LogP contribution is 2.55. The second-order valence-electron chi connectivity index (χ2n) is 12.8. The Morgan fingerprint density at radius 3 is 2.65 bits per heavy atom. The number of benzene rings is 4. The quantitative estimate of drug-likeness (QED) is 0.247. The van der Waals surface area contributed by atoms with Gasteiger partial charge >= 0.3 is 0 Å². The Kier molecular flexibility index (Phi) is 5.91. The standard InChI is InChI=1S/C41H37NO/c1-5-13-29-26(2)38(24-27-14-6-7-15-30(27)29)42(37-20-12-18-34-33-17-9-11-21-39(33)43-40(34)37)28-22-23-32-31-16-8-10-19-35(31)41(3,4)36(32)25-28/h5-6,8-14,16,18-25,33H,7,15,17H2,1-4H3/b13-5-. The van der Waals surface area contributed by atoms with Crippen LogP contribution >= 0.6 is 0 Å². The summed E-state index contributed by atoms with van der Waals surface area (Å²) in [4.78, 5) is 2.47. The highest BCUT2D eigenvalue weighted by molar-refractivity contribution is 5.90. The number of hydrogen-bond donors (Lipinski definition) is 0. The van der Waals surface area contributed by atoms with Gasteiger partial charge in [0.2, 0.25) is 0 Å². The lowest BCUT2D eigenvalue weighted by Gasteiger charge is -2.32. The molecule has 0 radical (unpaired) electrons. The largest absolute Gasteiger partial charge is 0.459 e. The van der Waals surface area contributed by atoms with Crippen molar-refractivity contribution in [1.82, 2.24) is 0 Å². The molecule has 0 fully saturated rings. The number of allylic oxidation sites excluding steroid dienone is 6. The average Bonchev–Trinajstić information content (AvgIpc) is 3.52. The maximum Gasteiger partial charge on any atom is 0.154 e. The number of rotatable bonds is 4. The van der Waals surface area contributed by atoms with E-state index in [1.165, 1.54) is 55.8 Å². The van der Waals surface area contributed by atoms with Crippen molar-refractivity contribution in [2.45, 2.75) is 58.3 Å². The highest BCUT2D eigenvalue weighted by atomic mass is 16.5. The predicted octanol–water partition coefficient (Wildman–Crippen LogP) is 11.1. The maximum atomic E-state index is 6.72. The third-order valence-electron chi connectivity index (χ3n) is 9.98. The lowest BCUT2D eigenvalue weighted by molar-refractivity contribution is 0.426. The van der Waals surface area contributed by atoms with E-state index in [4.69, 9.17) is 4.74 Å². The number of fused-ring (bicyclic) bond motifs is 7. The van der Waals surface area contributed by atoms with Crippen molar-refractivity contribution in [1.29, 1.82) is 0 Å². The summed E-state index contributed by atoms with van der Waals surface area (Å²) in [7, 11) is 0. The van der Waals surface area contributed by atoms with Gasteiger partial charge in [0, 0.05) is 22.6 Å². The smallest absolute Gasteiger partial charge is 0.154 e. The van der Waals surface area contributed by atoms with Gasteiger partial charge in [-0.15, -0.1) is 0 Å². The topological polar surface area (TPSA) is 12.5 Å². The molecule has 0 saturated heterocycles. The van der Waals surface area contributed by atoms with E-state index in [0.717, 1.165) is 42.1 Å². The lowest BCUT2D eigenvalue weighted by Crippen LogP contribution is -2.18. The molecule has 2 heteroatoms. The molecule has 4 aromatic carbocycles. The molecule has 1 unspecified atom stereocenters. The van der Waals surface area contributed by atoms with Gasteiger partial charge in [-0.05, 0) is 108 Å². The van der Waals surface area contributed by atoms with Crippen LogP contribution < -0.4 is 9.64 Å². The number of nitrogens with zero attached hydrogens (tertiary/aromatic N) is 1. The van der Waals surface area contributed by atoms with Gasteiger partial charge in [0.1, 0.15) is 5.76 Å². The summed E-state index contributed by atoms with van der Waals surface area (Å²) >= 11 is 0. The first kappa shape index (κ1) is 26.1. The van der Waals surface area contributed by atoms with Crippen LogP contribution in [0.3, 0.4) is 0 Å². The SMILES string of the molecule is C/C=C\c1c(C)c(N(c2ccc3c(c2)C(C)(C)c2ccccc2-3)c2cccc3c2OC2=CC=CCC23)cc2c1CCC=C2. The van der Waals surface area contributed by atoms with Crippen LogP contribution in [0.25, 0.3) is 23.3 Å². The Balaban J connectivity index is 1.39. The molecule has 4 aromatic rings. The van der Waals surface area contributed by atoms with Gasteiger partial charge in [0.15, 0.2) is 5.75 Å². The zero-order chi connectivity index (χ0) is 29.3. The molecule has 1 aliphatic heterocycles. The zero-order valence-corrected chi connectivity index (χ0v) is 25.4. The molecule has 1 atom stereocenters. The van der Waals surface area contributed by atoms with Crippen molar-refractivity contribution in [2.24, 2.45) is 0 Å². The van der Waals surface area contributed by atoms with Gasteiger partial charge in [-0.2, -0.15) is 0 Å². The van der Waals surface area contributed by atoms with Crippen LogP contribution in [0.4, 0.5) is 17.1 Å². The Morgan fingerprint density at radius 1 is 0.907 bits per heavy atom. The van der Waals surface area contributed by atoms with Crippen LogP contribution in [0.2, 0.25) is 0 Å². The minimum Gasteiger partial charge on any atom is -0.459 e.